The van der Waals surface area contributed by atoms with Crippen LogP contribution in [-0.2, 0) is 12.8 Å². The molecule has 0 fully saturated rings. The second kappa shape index (κ2) is 22.8. The smallest absolute Gasteiger partial charge is 0.343 e. The highest BCUT2D eigenvalue weighted by molar-refractivity contribution is 6.35. The summed E-state index contributed by atoms with van der Waals surface area (Å²) in [6.45, 7) is 3.78. The van der Waals surface area contributed by atoms with E-state index in [1.54, 1.807) is 97.1 Å². The van der Waals surface area contributed by atoms with Crippen molar-refractivity contribution in [2.24, 2.45) is 20.5 Å². The van der Waals surface area contributed by atoms with Crippen molar-refractivity contribution in [3.05, 3.63) is 211 Å². The molecule has 0 heterocycles. The summed E-state index contributed by atoms with van der Waals surface area (Å²) in [5, 5.41) is 49.6. The topological polar surface area (TPSA) is 201 Å². The molecule has 4 N–H and O–H groups in total. The summed E-state index contributed by atoms with van der Waals surface area (Å²) in [6.07, 6.45) is 1.02. The number of phenolic OH excluding ortho intramolecular Hbond substituents is 2. The minimum Gasteiger partial charge on any atom is -0.505 e. The number of ether oxygens (including phenoxy) is 2. The molecule has 2 amide bonds. The Kier molecular flexibility index (Phi) is 15.7. The number of azo groups is 2. The lowest BCUT2D eigenvalue weighted by atomic mass is 10.0. The average molecular weight is 1090 g/mol. The van der Waals surface area contributed by atoms with Gasteiger partial charge in [0, 0.05) is 42.2 Å². The number of halogens is 4. The Hall–Kier alpha value is -8.66. The summed E-state index contributed by atoms with van der Waals surface area (Å²) in [7, 11) is 0. The van der Waals surface area contributed by atoms with Crippen LogP contribution in [-0.4, -0.2) is 34.0 Å². The van der Waals surface area contributed by atoms with Crippen LogP contribution in [0, 0.1) is 0 Å². The largest absolute Gasteiger partial charge is 0.505 e. The van der Waals surface area contributed by atoms with Crippen LogP contribution in [0.1, 0.15) is 66.4 Å². The van der Waals surface area contributed by atoms with E-state index in [1.165, 1.54) is 60.7 Å². The van der Waals surface area contributed by atoms with Gasteiger partial charge in [0.2, 0.25) is 0 Å². The fraction of sp³-hybridized carbons (Fsp3) is 0.0690. The number of nitrogens with zero attached hydrogens (tertiary/aromatic N) is 4. The quantitative estimate of drug-likeness (QED) is 0.0468. The van der Waals surface area contributed by atoms with Gasteiger partial charge in [-0.3, -0.25) is 9.59 Å². The number of rotatable bonds is 14. The summed E-state index contributed by atoms with van der Waals surface area (Å²) < 4.78 is 11.2. The van der Waals surface area contributed by atoms with E-state index in [9.17, 15) is 29.4 Å². The lowest BCUT2D eigenvalue weighted by molar-refractivity contribution is 0.0724. The molecule has 14 nitrogen and oxygen atoms in total. The van der Waals surface area contributed by atoms with Gasteiger partial charge in [0.05, 0.1) is 33.6 Å². The fourth-order valence-electron chi connectivity index (χ4n) is 8.18. The highest BCUT2D eigenvalue weighted by Crippen LogP contribution is 2.42. The highest BCUT2D eigenvalue weighted by atomic mass is 35.5. The van der Waals surface area contributed by atoms with Gasteiger partial charge in [0.25, 0.3) is 11.8 Å². The first-order chi connectivity index (χ1) is 36.6. The summed E-state index contributed by atoms with van der Waals surface area (Å²) in [4.78, 5) is 54.4. The standard InChI is InChI=1S/C58H40Cl4N6O8/c1-3-31-13-15-41(29-47(31)57(73)75-43-25-35(59)23-36(60)26-43)65-67-51-45-11-7-5-9-33(45)21-49(53(51)69)55(71)63-39-17-19-40(20-18-39)64-56(72)50-22-34-10-6-8-12-46(34)52(54(50)70)68-66-42-16-14-32(4-2)48(30-42)58(74)76-44-27-37(61)24-38(62)28-44/h5-30,69-70H,3-4H2,1-2H3,(H,63,71)(H,64,72). The van der Waals surface area contributed by atoms with Crippen molar-refractivity contribution >= 4 is 126 Å². The number of benzene rings is 9. The molecule has 0 saturated heterocycles. The van der Waals surface area contributed by atoms with Crippen molar-refractivity contribution < 1.29 is 38.9 Å². The van der Waals surface area contributed by atoms with Crippen LogP contribution in [0.2, 0.25) is 20.1 Å². The molecule has 9 aromatic carbocycles. The van der Waals surface area contributed by atoms with Gasteiger partial charge >= 0.3 is 11.9 Å². The van der Waals surface area contributed by atoms with Gasteiger partial charge in [0.1, 0.15) is 22.9 Å². The fourth-order valence-corrected chi connectivity index (χ4v) is 9.19. The normalized spacial score (nSPS) is 11.3. The third kappa shape index (κ3) is 11.8. The zero-order valence-corrected chi connectivity index (χ0v) is 43.1. The van der Waals surface area contributed by atoms with E-state index in [0.29, 0.717) is 77.0 Å². The molecule has 0 bridgehead atoms. The Morgan fingerprint density at radius 2 is 0.816 bits per heavy atom. The van der Waals surface area contributed by atoms with E-state index >= 15 is 0 Å². The average Bonchev–Trinajstić information content (AvgIpc) is 3.42. The van der Waals surface area contributed by atoms with Gasteiger partial charge < -0.3 is 30.3 Å². The Morgan fingerprint density at radius 3 is 1.18 bits per heavy atom. The Bertz CT molecular complexity index is 3580. The molecule has 0 atom stereocenters. The van der Waals surface area contributed by atoms with Crippen LogP contribution >= 0.6 is 46.4 Å². The minimum atomic E-state index is -0.668. The first kappa shape index (κ1) is 52.2. The molecular formula is C58H40Cl4N6O8. The second-order valence-corrected chi connectivity index (χ2v) is 18.7. The number of carbonyl (C=O) groups excluding carboxylic acids is 4. The van der Waals surface area contributed by atoms with Crippen LogP contribution in [0.25, 0.3) is 21.5 Å². The molecular weight excluding hydrogens is 1050 g/mol. The first-order valence-electron chi connectivity index (χ1n) is 23.3. The number of aromatic hydroxyl groups is 2. The number of nitrogens with one attached hydrogen (secondary N) is 2. The highest BCUT2D eigenvalue weighted by Gasteiger charge is 2.22. The maximum atomic E-state index is 13.9. The summed E-state index contributed by atoms with van der Waals surface area (Å²) in [6, 6.07) is 42.0. The number of aryl methyl sites for hydroxylation is 2. The van der Waals surface area contributed by atoms with E-state index in [1.807, 2.05) is 13.8 Å². The maximum Gasteiger partial charge on any atom is 0.343 e. The molecule has 378 valence electrons. The number of fused-ring (bicyclic) bond motifs is 2. The van der Waals surface area contributed by atoms with Gasteiger partial charge in [-0.2, -0.15) is 10.2 Å². The predicted octanol–water partition coefficient (Wildman–Crippen LogP) is 16.9. The number of esters is 2. The SMILES string of the molecule is CCc1ccc(N=Nc2c(O)c(C(=O)Nc3ccc(NC(=O)c4cc5ccccc5c(N=Nc5ccc(CC)c(C(=O)Oc6cc(Cl)cc(Cl)c6)c5)c4O)cc3)cc3ccccc23)cc1C(=O)Oc1cc(Cl)cc(Cl)c1. The molecule has 0 aliphatic rings. The third-order valence-corrected chi connectivity index (χ3v) is 12.8. The summed E-state index contributed by atoms with van der Waals surface area (Å²) in [5.41, 5.74) is 2.86. The van der Waals surface area contributed by atoms with Crippen molar-refractivity contribution in [3.63, 3.8) is 0 Å². The number of hydrogen-bond donors (Lipinski definition) is 4. The monoisotopic (exact) mass is 1090 g/mol. The predicted molar refractivity (Wildman–Crippen MR) is 296 cm³/mol. The molecule has 0 radical (unpaired) electrons. The molecule has 9 rings (SSSR count). The van der Waals surface area contributed by atoms with Crippen LogP contribution in [0.15, 0.2) is 178 Å². The Labute approximate surface area is 454 Å². The maximum absolute atomic E-state index is 13.9. The van der Waals surface area contributed by atoms with E-state index in [2.05, 4.69) is 31.1 Å². The van der Waals surface area contributed by atoms with Crippen molar-refractivity contribution in [3.8, 4) is 23.0 Å². The van der Waals surface area contributed by atoms with E-state index in [4.69, 9.17) is 55.9 Å². The number of carbonyl (C=O) groups is 4. The number of phenols is 2. The van der Waals surface area contributed by atoms with Gasteiger partial charge in [-0.25, -0.2) is 9.59 Å². The molecule has 9 aromatic rings. The lowest BCUT2D eigenvalue weighted by Gasteiger charge is -2.13. The minimum absolute atomic E-state index is 0.0128. The number of amides is 2. The second-order valence-electron chi connectivity index (χ2n) is 16.9. The van der Waals surface area contributed by atoms with Crippen LogP contribution in [0.4, 0.5) is 34.1 Å². The third-order valence-electron chi connectivity index (χ3n) is 11.9. The molecule has 0 unspecified atom stereocenters. The van der Waals surface area contributed by atoms with Crippen molar-refractivity contribution in [2.45, 2.75) is 26.7 Å². The van der Waals surface area contributed by atoms with Crippen molar-refractivity contribution in [1.29, 1.82) is 0 Å². The van der Waals surface area contributed by atoms with Gasteiger partial charge in [-0.1, -0.05) is 121 Å². The molecule has 18 heteroatoms. The summed E-state index contributed by atoms with van der Waals surface area (Å²) in [5.74, 6) is -3.22. The molecule has 0 aromatic heterocycles. The van der Waals surface area contributed by atoms with Crippen LogP contribution in [0.5, 0.6) is 23.0 Å². The lowest BCUT2D eigenvalue weighted by Crippen LogP contribution is -2.13. The molecule has 0 spiro atoms. The van der Waals surface area contributed by atoms with E-state index < -0.39 is 35.3 Å². The zero-order chi connectivity index (χ0) is 53.6. The van der Waals surface area contributed by atoms with Gasteiger partial charge in [-0.05, 0) is 132 Å². The molecule has 76 heavy (non-hydrogen) atoms. The molecule has 0 saturated carbocycles. The number of hydrogen-bond acceptors (Lipinski definition) is 12. The zero-order valence-electron chi connectivity index (χ0n) is 40.1. The Balaban J connectivity index is 0.917. The van der Waals surface area contributed by atoms with Crippen molar-refractivity contribution in [2.75, 3.05) is 10.6 Å². The van der Waals surface area contributed by atoms with Gasteiger partial charge in [-0.15, -0.1) is 10.2 Å². The van der Waals surface area contributed by atoms with Crippen LogP contribution < -0.4 is 20.1 Å². The molecule has 0 aliphatic carbocycles. The van der Waals surface area contributed by atoms with E-state index in [-0.39, 0.29) is 56.5 Å². The first-order valence-corrected chi connectivity index (χ1v) is 24.8. The van der Waals surface area contributed by atoms with Gasteiger partial charge in [0.15, 0.2) is 11.5 Å². The van der Waals surface area contributed by atoms with Crippen LogP contribution in [0.3, 0.4) is 0 Å². The Morgan fingerprint density at radius 1 is 0.447 bits per heavy atom. The number of anilines is 2. The van der Waals surface area contributed by atoms with Crippen molar-refractivity contribution in [1.82, 2.24) is 0 Å². The van der Waals surface area contributed by atoms with E-state index in [0.717, 1.165) is 0 Å². The molecule has 0 aliphatic heterocycles. The summed E-state index contributed by atoms with van der Waals surface area (Å²) >= 11 is 24.4.